The fourth-order valence-electron chi connectivity index (χ4n) is 2.98. The number of benzene rings is 1. The molecule has 0 saturated carbocycles. The van der Waals surface area contributed by atoms with E-state index in [-0.39, 0.29) is 12.1 Å². The largest absolute Gasteiger partial charge is 0.468 e. The van der Waals surface area contributed by atoms with Crippen LogP contribution in [-0.4, -0.2) is 43.0 Å². The number of furan rings is 1. The number of nitrogens with one attached hydrogen (secondary N) is 1. The number of rotatable bonds is 4. The third-order valence-corrected chi connectivity index (χ3v) is 4.36. The van der Waals surface area contributed by atoms with E-state index >= 15 is 0 Å². The van der Waals surface area contributed by atoms with Crippen LogP contribution in [0, 0.1) is 0 Å². The molecular weight excluding hydrogens is 290 g/mol. The van der Waals surface area contributed by atoms with Crippen molar-refractivity contribution in [3.63, 3.8) is 0 Å². The third kappa shape index (κ3) is 3.56. The van der Waals surface area contributed by atoms with Gasteiger partial charge in [0.15, 0.2) is 0 Å². The maximum Gasteiger partial charge on any atom is 0.317 e. The van der Waals surface area contributed by atoms with Crippen LogP contribution in [0.2, 0.25) is 0 Å². The molecule has 2 aromatic rings. The summed E-state index contributed by atoms with van der Waals surface area (Å²) in [6.07, 6.45) is 2.58. The summed E-state index contributed by atoms with van der Waals surface area (Å²) in [6, 6.07) is 12.1. The molecule has 3 rings (SSSR count). The fourth-order valence-corrected chi connectivity index (χ4v) is 2.98. The molecule has 2 heterocycles. The summed E-state index contributed by atoms with van der Waals surface area (Å²) >= 11 is 0. The van der Waals surface area contributed by atoms with Gasteiger partial charge in [0.1, 0.15) is 5.76 Å². The lowest BCUT2D eigenvalue weighted by molar-refractivity contribution is 0.184. The number of carbonyl (C=O) groups is 1. The maximum atomic E-state index is 12.5. The van der Waals surface area contributed by atoms with E-state index in [0.717, 1.165) is 18.7 Å². The minimum Gasteiger partial charge on any atom is -0.468 e. The Kier molecular flexibility index (Phi) is 4.67. The summed E-state index contributed by atoms with van der Waals surface area (Å²) in [7, 11) is 3.97. The van der Waals surface area contributed by atoms with Gasteiger partial charge in [0.05, 0.1) is 12.3 Å². The van der Waals surface area contributed by atoms with Gasteiger partial charge in [-0.1, -0.05) is 24.3 Å². The summed E-state index contributed by atoms with van der Waals surface area (Å²) in [5.41, 5.74) is 2.59. The van der Waals surface area contributed by atoms with Gasteiger partial charge < -0.3 is 14.6 Å². The van der Waals surface area contributed by atoms with Crippen LogP contribution in [0.1, 0.15) is 22.9 Å². The van der Waals surface area contributed by atoms with Gasteiger partial charge in [-0.15, -0.1) is 0 Å². The number of hydrogen-bond acceptors (Lipinski definition) is 3. The van der Waals surface area contributed by atoms with Crippen LogP contribution in [0.15, 0.2) is 47.1 Å². The summed E-state index contributed by atoms with van der Waals surface area (Å²) in [4.78, 5) is 16.4. The second-order valence-electron chi connectivity index (χ2n) is 6.12. The lowest BCUT2D eigenvalue weighted by Crippen LogP contribution is -2.45. The van der Waals surface area contributed by atoms with E-state index < -0.39 is 0 Å². The maximum absolute atomic E-state index is 12.5. The molecule has 0 bridgehead atoms. The number of fused-ring (bicyclic) bond motifs is 1. The van der Waals surface area contributed by atoms with Crippen LogP contribution in [0.3, 0.4) is 0 Å². The highest BCUT2D eigenvalue weighted by atomic mass is 16.3. The first-order valence-electron chi connectivity index (χ1n) is 7.94. The highest BCUT2D eigenvalue weighted by Crippen LogP contribution is 2.20. The molecule has 0 aliphatic carbocycles. The summed E-state index contributed by atoms with van der Waals surface area (Å²) < 4.78 is 5.47. The molecular formula is C18H23N3O2. The van der Waals surface area contributed by atoms with Crippen molar-refractivity contribution in [1.82, 2.24) is 15.1 Å². The van der Waals surface area contributed by atoms with Gasteiger partial charge in [-0.2, -0.15) is 0 Å². The number of urea groups is 1. The van der Waals surface area contributed by atoms with Gasteiger partial charge in [-0.25, -0.2) is 4.79 Å². The molecule has 1 N–H and O–H groups in total. The minimum absolute atomic E-state index is 0.0158. The summed E-state index contributed by atoms with van der Waals surface area (Å²) in [6.45, 7) is 1.96. The van der Waals surface area contributed by atoms with E-state index in [0.29, 0.717) is 13.1 Å². The molecule has 0 fully saturated rings. The predicted molar refractivity (Wildman–Crippen MR) is 89.1 cm³/mol. The average Bonchev–Trinajstić information content (AvgIpc) is 3.08. The summed E-state index contributed by atoms with van der Waals surface area (Å²) in [5, 5.41) is 3.04. The lowest BCUT2D eigenvalue weighted by Gasteiger charge is -2.30. The monoisotopic (exact) mass is 313 g/mol. The molecule has 1 atom stereocenters. The zero-order chi connectivity index (χ0) is 16.2. The topological polar surface area (TPSA) is 48.7 Å². The molecule has 1 aliphatic rings. The SMILES string of the molecule is CN(C)C(CNC(=O)N1CCc2ccccc2C1)c1ccco1. The van der Waals surface area contributed by atoms with Gasteiger partial charge in [-0.05, 0) is 43.8 Å². The Morgan fingerprint density at radius 2 is 2.04 bits per heavy atom. The van der Waals surface area contributed by atoms with Crippen LogP contribution >= 0.6 is 0 Å². The van der Waals surface area contributed by atoms with Gasteiger partial charge in [0, 0.05) is 19.6 Å². The molecule has 122 valence electrons. The van der Waals surface area contributed by atoms with E-state index in [4.69, 9.17) is 4.42 Å². The molecule has 1 unspecified atom stereocenters. The van der Waals surface area contributed by atoms with Crippen LogP contribution < -0.4 is 5.32 Å². The van der Waals surface area contributed by atoms with E-state index in [1.54, 1.807) is 6.26 Å². The van der Waals surface area contributed by atoms with Crippen molar-refractivity contribution in [2.45, 2.75) is 19.0 Å². The molecule has 0 spiro atoms. The van der Waals surface area contributed by atoms with Gasteiger partial charge >= 0.3 is 6.03 Å². The Hall–Kier alpha value is -2.27. The van der Waals surface area contributed by atoms with Crippen LogP contribution in [0.4, 0.5) is 4.79 Å². The zero-order valence-electron chi connectivity index (χ0n) is 13.7. The molecule has 1 aromatic carbocycles. The molecule has 2 amide bonds. The Balaban J connectivity index is 1.59. The van der Waals surface area contributed by atoms with Crippen molar-refractivity contribution in [2.24, 2.45) is 0 Å². The second kappa shape index (κ2) is 6.87. The first-order valence-corrected chi connectivity index (χ1v) is 7.94. The van der Waals surface area contributed by atoms with Crippen molar-refractivity contribution in [2.75, 3.05) is 27.2 Å². The first kappa shape index (κ1) is 15.6. The van der Waals surface area contributed by atoms with Gasteiger partial charge in [0.25, 0.3) is 0 Å². The lowest BCUT2D eigenvalue weighted by atomic mass is 10.0. The molecule has 1 aliphatic heterocycles. The smallest absolute Gasteiger partial charge is 0.317 e. The molecule has 1 aromatic heterocycles. The Morgan fingerprint density at radius 3 is 2.74 bits per heavy atom. The van der Waals surface area contributed by atoms with Crippen molar-refractivity contribution in [1.29, 1.82) is 0 Å². The van der Waals surface area contributed by atoms with Crippen LogP contribution in [0.25, 0.3) is 0 Å². The van der Waals surface area contributed by atoms with Crippen molar-refractivity contribution >= 4 is 6.03 Å². The summed E-state index contributed by atoms with van der Waals surface area (Å²) in [5.74, 6) is 0.860. The number of carbonyl (C=O) groups excluding carboxylic acids is 1. The Bertz CT molecular complexity index is 652. The number of amides is 2. The normalized spacial score (nSPS) is 15.3. The standard InChI is InChI=1S/C18H23N3O2/c1-20(2)16(17-8-5-11-23-17)12-19-18(22)21-10-9-14-6-3-4-7-15(14)13-21/h3-8,11,16H,9-10,12-13H2,1-2H3,(H,19,22). The van der Waals surface area contributed by atoms with Crippen molar-refractivity contribution in [3.05, 3.63) is 59.5 Å². The van der Waals surface area contributed by atoms with E-state index in [2.05, 4.69) is 23.5 Å². The van der Waals surface area contributed by atoms with Gasteiger partial charge in [0.2, 0.25) is 0 Å². The fraction of sp³-hybridized carbons (Fsp3) is 0.389. The highest BCUT2D eigenvalue weighted by molar-refractivity contribution is 5.74. The molecule has 5 nitrogen and oxygen atoms in total. The first-order chi connectivity index (χ1) is 11.1. The molecule has 5 heteroatoms. The minimum atomic E-state index is -0.0158. The van der Waals surface area contributed by atoms with Crippen LogP contribution in [-0.2, 0) is 13.0 Å². The third-order valence-electron chi connectivity index (χ3n) is 4.36. The number of nitrogens with zero attached hydrogens (tertiary/aromatic N) is 2. The Labute approximate surface area is 136 Å². The average molecular weight is 313 g/mol. The van der Waals surface area contributed by atoms with Crippen LogP contribution in [0.5, 0.6) is 0 Å². The zero-order valence-corrected chi connectivity index (χ0v) is 13.7. The molecule has 0 radical (unpaired) electrons. The van der Waals surface area contributed by atoms with E-state index in [1.807, 2.05) is 42.1 Å². The predicted octanol–water partition coefficient (Wildman–Crippen LogP) is 2.65. The van der Waals surface area contributed by atoms with Crippen molar-refractivity contribution < 1.29 is 9.21 Å². The Morgan fingerprint density at radius 1 is 1.26 bits per heavy atom. The quantitative estimate of drug-likeness (QED) is 0.944. The van der Waals surface area contributed by atoms with Gasteiger partial charge in [-0.3, -0.25) is 4.90 Å². The highest BCUT2D eigenvalue weighted by Gasteiger charge is 2.22. The number of hydrogen-bond donors (Lipinski definition) is 1. The molecule has 23 heavy (non-hydrogen) atoms. The number of likely N-dealkylation sites (N-methyl/N-ethyl adjacent to an activating group) is 1. The van der Waals surface area contributed by atoms with E-state index in [1.165, 1.54) is 11.1 Å². The molecule has 0 saturated heterocycles. The van der Waals surface area contributed by atoms with Crippen molar-refractivity contribution in [3.8, 4) is 0 Å². The second-order valence-corrected chi connectivity index (χ2v) is 6.12. The van der Waals surface area contributed by atoms with E-state index in [9.17, 15) is 4.79 Å².